The summed E-state index contributed by atoms with van der Waals surface area (Å²) in [5.74, 6) is 0.442. The molecule has 0 aliphatic heterocycles. The van der Waals surface area contributed by atoms with Crippen molar-refractivity contribution in [3.8, 4) is 0 Å². The zero-order valence-corrected chi connectivity index (χ0v) is 12.8. The summed E-state index contributed by atoms with van der Waals surface area (Å²) in [5, 5.41) is 4.98. The molecule has 1 aromatic carbocycles. The second-order valence-corrected chi connectivity index (χ2v) is 6.58. The maximum absolute atomic E-state index is 12.0. The molecule has 7 heteroatoms. The molecular weight excluding hydrogens is 278 g/mol. The van der Waals surface area contributed by atoms with Gasteiger partial charge in [0.05, 0.1) is 4.90 Å². The van der Waals surface area contributed by atoms with E-state index in [9.17, 15) is 13.2 Å². The van der Waals surface area contributed by atoms with E-state index in [0.29, 0.717) is 18.2 Å². The van der Waals surface area contributed by atoms with E-state index in [2.05, 4.69) is 15.4 Å². The summed E-state index contributed by atoms with van der Waals surface area (Å²) in [5.41, 5.74) is 0.533. The average Bonchev–Trinajstić information content (AvgIpc) is 2.38. The van der Waals surface area contributed by atoms with E-state index in [1.165, 1.54) is 19.2 Å². The predicted octanol–water partition coefficient (Wildman–Crippen LogP) is 1.76. The first-order chi connectivity index (χ1) is 9.35. The number of anilines is 1. The standard InChI is InChI=1S/C13H21N3O3S/c1-10(2)8-9-15-20(18,19)12-6-4-11(5-7-12)16-13(17)14-3/h4-7,10,15H,8-9H2,1-3H3,(H2,14,16,17). The van der Waals surface area contributed by atoms with E-state index in [1.54, 1.807) is 12.1 Å². The topological polar surface area (TPSA) is 87.3 Å². The summed E-state index contributed by atoms with van der Waals surface area (Å²) in [6, 6.07) is 5.67. The van der Waals surface area contributed by atoms with Crippen LogP contribution in [0.1, 0.15) is 20.3 Å². The van der Waals surface area contributed by atoms with Gasteiger partial charge in [0.15, 0.2) is 0 Å². The van der Waals surface area contributed by atoms with E-state index in [4.69, 9.17) is 0 Å². The Morgan fingerprint density at radius 2 is 1.80 bits per heavy atom. The van der Waals surface area contributed by atoms with Crippen LogP contribution in [-0.2, 0) is 10.0 Å². The molecule has 0 bridgehead atoms. The van der Waals surface area contributed by atoms with Crippen molar-refractivity contribution in [1.82, 2.24) is 10.0 Å². The highest BCUT2D eigenvalue weighted by atomic mass is 32.2. The molecule has 0 aliphatic carbocycles. The van der Waals surface area contributed by atoms with Crippen molar-refractivity contribution in [2.45, 2.75) is 25.2 Å². The Kier molecular flexibility index (Phi) is 5.97. The predicted molar refractivity (Wildman–Crippen MR) is 79.2 cm³/mol. The van der Waals surface area contributed by atoms with E-state index >= 15 is 0 Å². The van der Waals surface area contributed by atoms with Crippen LogP contribution in [0.3, 0.4) is 0 Å². The third-order valence-corrected chi connectivity index (χ3v) is 4.14. The molecule has 112 valence electrons. The fourth-order valence-electron chi connectivity index (χ4n) is 1.48. The summed E-state index contributed by atoms with van der Waals surface area (Å²) >= 11 is 0. The number of urea groups is 1. The van der Waals surface area contributed by atoms with Crippen LogP contribution < -0.4 is 15.4 Å². The highest BCUT2D eigenvalue weighted by molar-refractivity contribution is 7.89. The summed E-state index contributed by atoms with van der Waals surface area (Å²) in [7, 11) is -1.98. The molecule has 0 saturated carbocycles. The molecular formula is C13H21N3O3S. The van der Waals surface area contributed by atoms with Crippen LogP contribution in [-0.4, -0.2) is 28.0 Å². The Labute approximate surface area is 120 Å². The molecule has 1 aromatic rings. The molecule has 0 aliphatic rings. The van der Waals surface area contributed by atoms with Crippen molar-refractivity contribution >= 4 is 21.7 Å². The van der Waals surface area contributed by atoms with E-state index < -0.39 is 10.0 Å². The first-order valence-corrected chi connectivity index (χ1v) is 7.92. The van der Waals surface area contributed by atoms with Gasteiger partial charge in [-0.3, -0.25) is 0 Å². The van der Waals surface area contributed by atoms with Gasteiger partial charge >= 0.3 is 6.03 Å². The minimum Gasteiger partial charge on any atom is -0.341 e. The third kappa shape index (κ3) is 5.18. The SMILES string of the molecule is CNC(=O)Nc1ccc(S(=O)(=O)NCCC(C)C)cc1. The van der Waals surface area contributed by atoms with Gasteiger partial charge in [0, 0.05) is 19.3 Å². The van der Waals surface area contributed by atoms with Crippen LogP contribution in [0.4, 0.5) is 10.5 Å². The van der Waals surface area contributed by atoms with E-state index in [0.717, 1.165) is 6.42 Å². The molecule has 3 N–H and O–H groups in total. The monoisotopic (exact) mass is 299 g/mol. The maximum atomic E-state index is 12.0. The molecule has 0 saturated heterocycles. The summed E-state index contributed by atoms with van der Waals surface area (Å²) < 4.78 is 26.5. The van der Waals surface area contributed by atoms with Gasteiger partial charge in [-0.25, -0.2) is 17.9 Å². The van der Waals surface area contributed by atoms with Gasteiger partial charge in [-0.05, 0) is 36.6 Å². The van der Waals surface area contributed by atoms with E-state index in [1.807, 2.05) is 13.8 Å². The molecule has 0 atom stereocenters. The number of rotatable bonds is 6. The highest BCUT2D eigenvalue weighted by Crippen LogP contribution is 2.14. The van der Waals surface area contributed by atoms with Crippen LogP contribution in [0.15, 0.2) is 29.2 Å². The third-order valence-electron chi connectivity index (χ3n) is 2.66. The summed E-state index contributed by atoms with van der Waals surface area (Å²) in [6.07, 6.45) is 0.787. The quantitative estimate of drug-likeness (QED) is 0.748. The van der Waals surface area contributed by atoms with Gasteiger partial charge in [-0.2, -0.15) is 0 Å². The molecule has 20 heavy (non-hydrogen) atoms. The number of carbonyl (C=O) groups is 1. The van der Waals surface area contributed by atoms with Gasteiger partial charge in [0.25, 0.3) is 0 Å². The van der Waals surface area contributed by atoms with Gasteiger partial charge in [0.1, 0.15) is 0 Å². The maximum Gasteiger partial charge on any atom is 0.318 e. The van der Waals surface area contributed by atoms with Gasteiger partial charge in [0.2, 0.25) is 10.0 Å². The minimum atomic E-state index is -3.49. The number of amides is 2. The fraction of sp³-hybridized carbons (Fsp3) is 0.462. The first-order valence-electron chi connectivity index (χ1n) is 6.43. The average molecular weight is 299 g/mol. The summed E-state index contributed by atoms with van der Waals surface area (Å²) in [6.45, 7) is 4.49. The number of carbonyl (C=O) groups excluding carboxylic acids is 1. The zero-order chi connectivity index (χ0) is 15.2. The number of sulfonamides is 1. The normalized spacial score (nSPS) is 11.4. The lowest BCUT2D eigenvalue weighted by molar-refractivity contribution is 0.254. The second-order valence-electron chi connectivity index (χ2n) is 4.81. The van der Waals surface area contributed by atoms with Gasteiger partial charge < -0.3 is 10.6 Å². The minimum absolute atomic E-state index is 0.184. The first kappa shape index (κ1) is 16.5. The number of nitrogens with one attached hydrogen (secondary N) is 3. The molecule has 0 radical (unpaired) electrons. The van der Waals surface area contributed by atoms with Crippen LogP contribution in [0, 0.1) is 5.92 Å². The molecule has 0 aromatic heterocycles. The van der Waals surface area contributed by atoms with Crippen molar-refractivity contribution in [2.75, 3.05) is 18.9 Å². The van der Waals surface area contributed by atoms with Crippen molar-refractivity contribution < 1.29 is 13.2 Å². The molecule has 0 fully saturated rings. The molecule has 2 amide bonds. The molecule has 6 nitrogen and oxygen atoms in total. The number of benzene rings is 1. The van der Waals surface area contributed by atoms with Crippen LogP contribution in [0.2, 0.25) is 0 Å². The highest BCUT2D eigenvalue weighted by Gasteiger charge is 2.13. The zero-order valence-electron chi connectivity index (χ0n) is 11.9. The van der Waals surface area contributed by atoms with Crippen molar-refractivity contribution in [2.24, 2.45) is 5.92 Å². The van der Waals surface area contributed by atoms with Crippen molar-refractivity contribution in [1.29, 1.82) is 0 Å². The summed E-state index contributed by atoms with van der Waals surface area (Å²) in [4.78, 5) is 11.3. The molecule has 1 rings (SSSR count). The Balaban J connectivity index is 2.69. The lowest BCUT2D eigenvalue weighted by atomic mass is 10.1. The van der Waals surface area contributed by atoms with Crippen LogP contribution >= 0.6 is 0 Å². The van der Waals surface area contributed by atoms with Gasteiger partial charge in [-0.1, -0.05) is 13.8 Å². The van der Waals surface area contributed by atoms with Crippen LogP contribution in [0.25, 0.3) is 0 Å². The fourth-order valence-corrected chi connectivity index (χ4v) is 2.52. The van der Waals surface area contributed by atoms with Crippen molar-refractivity contribution in [3.63, 3.8) is 0 Å². The van der Waals surface area contributed by atoms with Crippen LogP contribution in [0.5, 0.6) is 0 Å². The number of hydrogen-bond acceptors (Lipinski definition) is 3. The lowest BCUT2D eigenvalue weighted by Crippen LogP contribution is -2.26. The van der Waals surface area contributed by atoms with E-state index in [-0.39, 0.29) is 10.9 Å². The second kappa shape index (κ2) is 7.25. The molecule has 0 heterocycles. The number of hydrogen-bond donors (Lipinski definition) is 3. The Hall–Kier alpha value is -1.60. The lowest BCUT2D eigenvalue weighted by Gasteiger charge is -2.09. The largest absolute Gasteiger partial charge is 0.341 e. The van der Waals surface area contributed by atoms with Gasteiger partial charge in [-0.15, -0.1) is 0 Å². The molecule has 0 unspecified atom stereocenters. The molecule has 0 spiro atoms. The Bertz CT molecular complexity index is 538. The Morgan fingerprint density at radius 3 is 2.30 bits per heavy atom. The van der Waals surface area contributed by atoms with Crippen molar-refractivity contribution in [3.05, 3.63) is 24.3 Å². The Morgan fingerprint density at radius 1 is 1.20 bits per heavy atom. The smallest absolute Gasteiger partial charge is 0.318 e.